The molecule has 0 fully saturated rings. The van der Waals surface area contributed by atoms with E-state index in [9.17, 15) is 4.79 Å². The normalized spacial score (nSPS) is 12.5. The van der Waals surface area contributed by atoms with Crippen LogP contribution < -0.4 is 11.5 Å². The second kappa shape index (κ2) is 4.64. The third-order valence-corrected chi connectivity index (χ3v) is 2.35. The van der Waals surface area contributed by atoms with E-state index in [1.807, 2.05) is 0 Å². The van der Waals surface area contributed by atoms with Crippen LogP contribution in [-0.2, 0) is 4.79 Å². The summed E-state index contributed by atoms with van der Waals surface area (Å²) in [5.74, 6) is -0.455. The number of rotatable bonds is 3. The van der Waals surface area contributed by atoms with Crippen LogP contribution in [0.25, 0.3) is 0 Å². The van der Waals surface area contributed by atoms with Crippen LogP contribution in [-0.4, -0.2) is 5.91 Å². The third-order valence-electron chi connectivity index (χ3n) is 1.78. The lowest BCUT2D eigenvalue weighted by atomic mass is 10.0. The first-order chi connectivity index (χ1) is 6.50. The summed E-state index contributed by atoms with van der Waals surface area (Å²) < 4.78 is 0. The Morgan fingerprint density at radius 3 is 2.57 bits per heavy atom. The quantitative estimate of drug-likeness (QED) is 0.836. The summed E-state index contributed by atoms with van der Waals surface area (Å²) in [5, 5.41) is 0.983. The van der Waals surface area contributed by atoms with Crippen LogP contribution in [0.2, 0.25) is 10.0 Å². The first-order valence-electron chi connectivity index (χ1n) is 3.99. The molecule has 0 aliphatic heterocycles. The second-order valence-electron chi connectivity index (χ2n) is 2.94. The molecule has 1 rings (SSSR count). The van der Waals surface area contributed by atoms with Crippen LogP contribution in [0.3, 0.4) is 0 Å². The highest BCUT2D eigenvalue weighted by Crippen LogP contribution is 2.26. The Morgan fingerprint density at radius 1 is 1.43 bits per heavy atom. The minimum absolute atomic E-state index is 0.0708. The maximum atomic E-state index is 10.6. The SMILES string of the molecule is NC(=O)C[C@@H](N)c1ccc(Cl)cc1Cl. The van der Waals surface area contributed by atoms with E-state index in [0.717, 1.165) is 0 Å². The van der Waals surface area contributed by atoms with Gasteiger partial charge in [-0.2, -0.15) is 0 Å². The molecule has 0 aliphatic carbocycles. The molecule has 0 saturated carbocycles. The number of primary amides is 1. The highest BCUT2D eigenvalue weighted by molar-refractivity contribution is 6.35. The molecule has 0 radical (unpaired) electrons. The Balaban J connectivity index is 2.90. The van der Waals surface area contributed by atoms with Crippen LogP contribution >= 0.6 is 23.2 Å². The Bertz CT molecular complexity index is 355. The highest BCUT2D eigenvalue weighted by Gasteiger charge is 2.12. The van der Waals surface area contributed by atoms with Crippen molar-refractivity contribution < 1.29 is 4.79 Å². The molecule has 0 aromatic heterocycles. The molecule has 3 nitrogen and oxygen atoms in total. The highest BCUT2D eigenvalue weighted by atomic mass is 35.5. The van der Waals surface area contributed by atoms with Gasteiger partial charge in [-0.1, -0.05) is 29.3 Å². The van der Waals surface area contributed by atoms with Crippen molar-refractivity contribution in [2.75, 3.05) is 0 Å². The van der Waals surface area contributed by atoms with E-state index in [1.54, 1.807) is 18.2 Å². The van der Waals surface area contributed by atoms with Crippen molar-refractivity contribution >= 4 is 29.1 Å². The molecular weight excluding hydrogens is 223 g/mol. The van der Waals surface area contributed by atoms with Gasteiger partial charge in [-0.15, -0.1) is 0 Å². The summed E-state index contributed by atoms with van der Waals surface area (Å²) in [4.78, 5) is 10.6. The molecule has 0 saturated heterocycles. The topological polar surface area (TPSA) is 69.1 Å². The standard InChI is InChI=1S/C9H10Cl2N2O/c10-5-1-2-6(7(11)3-5)8(12)4-9(13)14/h1-3,8H,4,12H2,(H2,13,14)/t8-/m1/s1. The number of amides is 1. The lowest BCUT2D eigenvalue weighted by molar-refractivity contribution is -0.118. The van der Waals surface area contributed by atoms with E-state index in [0.29, 0.717) is 15.6 Å². The summed E-state index contributed by atoms with van der Waals surface area (Å²) in [7, 11) is 0. The van der Waals surface area contributed by atoms with E-state index in [2.05, 4.69) is 0 Å². The summed E-state index contributed by atoms with van der Waals surface area (Å²) in [6.45, 7) is 0. The summed E-state index contributed by atoms with van der Waals surface area (Å²) in [6.07, 6.45) is 0.0708. The number of hydrogen-bond acceptors (Lipinski definition) is 2. The van der Waals surface area contributed by atoms with Gasteiger partial charge in [0.1, 0.15) is 0 Å². The smallest absolute Gasteiger partial charge is 0.219 e. The predicted molar refractivity (Wildman–Crippen MR) is 57.2 cm³/mol. The molecular formula is C9H10Cl2N2O. The Kier molecular flexibility index (Phi) is 3.75. The van der Waals surface area contributed by atoms with Crippen molar-refractivity contribution in [2.24, 2.45) is 11.5 Å². The van der Waals surface area contributed by atoms with Gasteiger partial charge in [0.2, 0.25) is 5.91 Å². The average Bonchev–Trinajstić information content (AvgIpc) is 2.01. The van der Waals surface area contributed by atoms with Crippen molar-refractivity contribution in [3.63, 3.8) is 0 Å². The van der Waals surface area contributed by atoms with Crippen LogP contribution in [0.15, 0.2) is 18.2 Å². The van der Waals surface area contributed by atoms with Gasteiger partial charge in [-0.3, -0.25) is 4.79 Å². The van der Waals surface area contributed by atoms with Gasteiger partial charge >= 0.3 is 0 Å². The van der Waals surface area contributed by atoms with E-state index in [-0.39, 0.29) is 6.42 Å². The summed E-state index contributed by atoms with van der Waals surface area (Å²) in [6, 6.07) is 4.47. The molecule has 0 heterocycles. The lowest BCUT2D eigenvalue weighted by Crippen LogP contribution is -2.20. The van der Waals surface area contributed by atoms with Gasteiger partial charge < -0.3 is 11.5 Å². The van der Waals surface area contributed by atoms with Gasteiger partial charge in [-0.05, 0) is 17.7 Å². The minimum Gasteiger partial charge on any atom is -0.370 e. The van der Waals surface area contributed by atoms with Crippen molar-refractivity contribution in [3.05, 3.63) is 33.8 Å². The zero-order valence-electron chi connectivity index (χ0n) is 7.34. The largest absolute Gasteiger partial charge is 0.370 e. The molecule has 0 bridgehead atoms. The fourth-order valence-electron chi connectivity index (χ4n) is 1.13. The van der Waals surface area contributed by atoms with Crippen molar-refractivity contribution in [1.29, 1.82) is 0 Å². The molecule has 0 spiro atoms. The number of nitrogens with two attached hydrogens (primary N) is 2. The van der Waals surface area contributed by atoms with Gasteiger partial charge in [0.25, 0.3) is 0 Å². The number of hydrogen-bond donors (Lipinski definition) is 2. The van der Waals surface area contributed by atoms with Crippen LogP contribution in [0, 0.1) is 0 Å². The van der Waals surface area contributed by atoms with Gasteiger partial charge in [0, 0.05) is 22.5 Å². The first-order valence-corrected chi connectivity index (χ1v) is 4.75. The third kappa shape index (κ3) is 2.87. The molecule has 1 aromatic rings. The van der Waals surface area contributed by atoms with Crippen LogP contribution in [0.5, 0.6) is 0 Å². The molecule has 0 aliphatic rings. The van der Waals surface area contributed by atoms with Crippen molar-refractivity contribution in [2.45, 2.75) is 12.5 Å². The average molecular weight is 233 g/mol. The van der Waals surface area contributed by atoms with E-state index >= 15 is 0 Å². The molecule has 14 heavy (non-hydrogen) atoms. The maximum Gasteiger partial charge on any atom is 0.219 e. The summed E-state index contributed by atoms with van der Waals surface area (Å²) >= 11 is 11.6. The van der Waals surface area contributed by atoms with Crippen molar-refractivity contribution in [3.8, 4) is 0 Å². The minimum atomic E-state index is -0.475. The molecule has 1 atom stereocenters. The zero-order valence-corrected chi connectivity index (χ0v) is 8.85. The lowest BCUT2D eigenvalue weighted by Gasteiger charge is -2.11. The van der Waals surface area contributed by atoms with Crippen molar-refractivity contribution in [1.82, 2.24) is 0 Å². The Hall–Kier alpha value is -0.770. The number of carbonyl (C=O) groups excluding carboxylic acids is 1. The maximum absolute atomic E-state index is 10.6. The number of halogens is 2. The Labute approximate surface area is 92.0 Å². The molecule has 4 N–H and O–H groups in total. The second-order valence-corrected chi connectivity index (χ2v) is 3.79. The van der Waals surface area contributed by atoms with Crippen LogP contribution in [0.4, 0.5) is 0 Å². The molecule has 1 amide bonds. The van der Waals surface area contributed by atoms with Gasteiger partial charge in [-0.25, -0.2) is 0 Å². The number of benzene rings is 1. The fourth-order valence-corrected chi connectivity index (χ4v) is 1.68. The van der Waals surface area contributed by atoms with Crippen LogP contribution in [0.1, 0.15) is 18.0 Å². The van der Waals surface area contributed by atoms with E-state index in [1.165, 1.54) is 0 Å². The zero-order chi connectivity index (χ0) is 10.7. The molecule has 5 heteroatoms. The number of carbonyl (C=O) groups is 1. The molecule has 1 aromatic carbocycles. The van der Waals surface area contributed by atoms with Gasteiger partial charge in [0.05, 0.1) is 0 Å². The van der Waals surface area contributed by atoms with E-state index < -0.39 is 11.9 Å². The van der Waals surface area contributed by atoms with Gasteiger partial charge in [0.15, 0.2) is 0 Å². The molecule has 76 valence electrons. The first kappa shape index (κ1) is 11.3. The summed E-state index contributed by atoms with van der Waals surface area (Å²) in [5.41, 5.74) is 11.4. The molecule has 0 unspecified atom stereocenters. The fraction of sp³-hybridized carbons (Fsp3) is 0.222. The van der Waals surface area contributed by atoms with E-state index in [4.69, 9.17) is 34.7 Å². The monoisotopic (exact) mass is 232 g/mol. The predicted octanol–water partition coefficient (Wildman–Crippen LogP) is 1.87. The Morgan fingerprint density at radius 2 is 2.07 bits per heavy atom.